The lowest BCUT2D eigenvalue weighted by molar-refractivity contribution is -0.117. The van der Waals surface area contributed by atoms with Crippen LogP contribution in [0.4, 0.5) is 0 Å². The number of hydrogen-bond acceptors (Lipinski definition) is 5. The number of carbonyl (C=O) groups is 2. The fourth-order valence-corrected chi connectivity index (χ4v) is 3.08. The van der Waals surface area contributed by atoms with E-state index in [9.17, 15) is 14.7 Å². The normalized spacial score (nSPS) is 16.0. The molecule has 6 nitrogen and oxygen atoms in total. The summed E-state index contributed by atoms with van der Waals surface area (Å²) in [4.78, 5) is 26.9. The van der Waals surface area contributed by atoms with E-state index in [1.807, 2.05) is 22.6 Å². The molecule has 0 atom stereocenters. The van der Waals surface area contributed by atoms with Crippen LogP contribution in [0.2, 0.25) is 0 Å². The quantitative estimate of drug-likeness (QED) is 0.568. The highest BCUT2D eigenvalue weighted by Crippen LogP contribution is 2.34. The Kier molecular flexibility index (Phi) is 4.88. The molecule has 1 aromatic carbocycles. The third-order valence-corrected chi connectivity index (χ3v) is 4.19. The average molecular weight is 418 g/mol. The second-order valence-electron chi connectivity index (χ2n) is 4.07. The molecular weight excluding hydrogens is 407 g/mol. The van der Waals surface area contributed by atoms with E-state index in [1.165, 1.54) is 14.0 Å². The van der Waals surface area contributed by atoms with Crippen LogP contribution in [0.3, 0.4) is 0 Å². The first kappa shape index (κ1) is 15.8. The lowest BCUT2D eigenvalue weighted by Gasteiger charge is -2.07. The molecule has 1 aliphatic rings. The van der Waals surface area contributed by atoms with Crippen LogP contribution >= 0.6 is 34.4 Å². The van der Waals surface area contributed by atoms with Crippen molar-refractivity contribution in [3.8, 4) is 11.5 Å². The molecule has 0 radical (unpaired) electrons. The second kappa shape index (κ2) is 6.48. The van der Waals surface area contributed by atoms with Crippen LogP contribution in [0.25, 0.3) is 6.08 Å². The molecule has 2 N–H and O–H groups in total. The average Bonchev–Trinajstić information content (AvgIpc) is 2.72. The van der Waals surface area contributed by atoms with Gasteiger partial charge in [0.2, 0.25) is 5.91 Å². The Morgan fingerprint density at radius 2 is 2.24 bits per heavy atom. The van der Waals surface area contributed by atoms with Crippen LogP contribution in [-0.2, 0) is 9.59 Å². The van der Waals surface area contributed by atoms with Gasteiger partial charge in [-0.2, -0.15) is 4.99 Å². The molecule has 2 amide bonds. The zero-order chi connectivity index (χ0) is 15.6. The molecular formula is C13H11IN2O4S. The molecule has 8 heteroatoms. The SMILES string of the molecule is COc1cc(/C=C2\SC(NC(C)=O)=NC2=O)cc(I)c1O. The van der Waals surface area contributed by atoms with Gasteiger partial charge in [0.15, 0.2) is 16.7 Å². The lowest BCUT2D eigenvalue weighted by Crippen LogP contribution is -2.23. The van der Waals surface area contributed by atoms with Crippen LogP contribution in [0, 0.1) is 3.57 Å². The lowest BCUT2D eigenvalue weighted by atomic mass is 10.2. The van der Waals surface area contributed by atoms with Crippen molar-refractivity contribution in [2.24, 2.45) is 4.99 Å². The Labute approximate surface area is 138 Å². The number of nitrogens with one attached hydrogen (secondary N) is 1. The van der Waals surface area contributed by atoms with Gasteiger partial charge in [-0.1, -0.05) is 0 Å². The number of aromatic hydroxyl groups is 1. The molecule has 0 unspecified atom stereocenters. The number of ether oxygens (including phenoxy) is 1. The molecule has 2 rings (SSSR count). The molecule has 0 fully saturated rings. The van der Waals surface area contributed by atoms with E-state index in [2.05, 4.69) is 10.3 Å². The number of carbonyl (C=O) groups excluding carboxylic acids is 2. The molecule has 1 heterocycles. The van der Waals surface area contributed by atoms with Crippen molar-refractivity contribution < 1.29 is 19.4 Å². The van der Waals surface area contributed by atoms with Crippen LogP contribution in [-0.4, -0.2) is 29.2 Å². The highest BCUT2D eigenvalue weighted by Gasteiger charge is 2.22. The summed E-state index contributed by atoms with van der Waals surface area (Å²) in [5, 5.41) is 12.5. The zero-order valence-corrected chi connectivity index (χ0v) is 14.1. The summed E-state index contributed by atoms with van der Waals surface area (Å²) in [7, 11) is 1.45. The standard InChI is InChI=1S/C13H11IN2O4S/c1-6(17)15-13-16-12(19)10(21-13)5-7-3-8(14)11(18)9(4-7)20-2/h3-5,18H,1-2H3,(H,15,16,17,19)/b10-5-. The summed E-state index contributed by atoms with van der Waals surface area (Å²) in [6.07, 6.45) is 1.63. The number of thioether (sulfide) groups is 1. The third-order valence-electron chi connectivity index (χ3n) is 2.47. The number of amides is 2. The molecule has 0 spiro atoms. The maximum atomic E-state index is 11.8. The van der Waals surface area contributed by atoms with Gasteiger partial charge >= 0.3 is 0 Å². The minimum absolute atomic E-state index is 0.0563. The second-order valence-corrected chi connectivity index (χ2v) is 6.26. The first-order valence-corrected chi connectivity index (χ1v) is 7.67. The van der Waals surface area contributed by atoms with Crippen molar-refractivity contribution in [2.45, 2.75) is 6.92 Å². The molecule has 0 aliphatic carbocycles. The minimum atomic E-state index is -0.411. The van der Waals surface area contributed by atoms with Crippen LogP contribution in [0.15, 0.2) is 22.0 Å². The van der Waals surface area contributed by atoms with Gasteiger partial charge in [0.1, 0.15) is 0 Å². The summed E-state index contributed by atoms with van der Waals surface area (Å²) in [6, 6.07) is 3.34. The van der Waals surface area contributed by atoms with Crippen LogP contribution in [0.5, 0.6) is 11.5 Å². The molecule has 1 aliphatic heterocycles. The molecule has 0 bridgehead atoms. The van der Waals surface area contributed by atoms with Crippen LogP contribution < -0.4 is 10.1 Å². The largest absolute Gasteiger partial charge is 0.504 e. The Morgan fingerprint density at radius 1 is 1.52 bits per heavy atom. The molecule has 21 heavy (non-hydrogen) atoms. The van der Waals surface area contributed by atoms with Crippen molar-refractivity contribution in [3.05, 3.63) is 26.2 Å². The fourth-order valence-electron chi connectivity index (χ4n) is 1.60. The van der Waals surface area contributed by atoms with Crippen molar-refractivity contribution >= 4 is 57.4 Å². The van der Waals surface area contributed by atoms with Crippen LogP contribution in [0.1, 0.15) is 12.5 Å². The van der Waals surface area contributed by atoms with E-state index in [0.717, 1.165) is 11.8 Å². The maximum absolute atomic E-state index is 11.8. The van der Waals surface area contributed by atoms with E-state index in [0.29, 0.717) is 19.8 Å². The minimum Gasteiger partial charge on any atom is -0.504 e. The molecule has 0 aromatic heterocycles. The van der Waals surface area contributed by atoms with E-state index >= 15 is 0 Å². The summed E-state index contributed by atoms with van der Waals surface area (Å²) in [6.45, 7) is 1.35. The van der Waals surface area contributed by atoms with E-state index in [1.54, 1.807) is 18.2 Å². The Morgan fingerprint density at radius 3 is 2.86 bits per heavy atom. The number of nitrogens with zero attached hydrogens (tertiary/aromatic N) is 1. The highest BCUT2D eigenvalue weighted by atomic mass is 127. The predicted molar refractivity (Wildman–Crippen MR) is 89.2 cm³/mol. The van der Waals surface area contributed by atoms with Crippen molar-refractivity contribution in [3.63, 3.8) is 0 Å². The summed E-state index contributed by atoms with van der Waals surface area (Å²) < 4.78 is 5.68. The van der Waals surface area contributed by atoms with Gasteiger partial charge in [0.25, 0.3) is 5.91 Å². The van der Waals surface area contributed by atoms with Gasteiger partial charge in [-0.15, -0.1) is 0 Å². The maximum Gasteiger partial charge on any atom is 0.286 e. The first-order chi connectivity index (χ1) is 9.90. The molecule has 0 saturated carbocycles. The van der Waals surface area contributed by atoms with Gasteiger partial charge in [-0.3, -0.25) is 9.59 Å². The summed E-state index contributed by atoms with van der Waals surface area (Å²) in [5.74, 6) is -0.310. The fraction of sp³-hybridized carbons (Fsp3) is 0.154. The number of hydrogen-bond donors (Lipinski definition) is 2. The van der Waals surface area contributed by atoms with E-state index < -0.39 is 5.91 Å². The topological polar surface area (TPSA) is 88.0 Å². The van der Waals surface area contributed by atoms with Gasteiger partial charge in [-0.05, 0) is 58.1 Å². The molecule has 0 saturated heterocycles. The van der Waals surface area contributed by atoms with E-state index in [4.69, 9.17) is 4.74 Å². The van der Waals surface area contributed by atoms with Crippen molar-refractivity contribution in [2.75, 3.05) is 7.11 Å². The zero-order valence-electron chi connectivity index (χ0n) is 11.1. The smallest absolute Gasteiger partial charge is 0.286 e. The Balaban J connectivity index is 2.28. The van der Waals surface area contributed by atoms with Gasteiger partial charge in [0, 0.05) is 6.92 Å². The number of halogens is 1. The number of phenols is 1. The van der Waals surface area contributed by atoms with Gasteiger partial charge in [0.05, 0.1) is 15.6 Å². The van der Waals surface area contributed by atoms with Gasteiger partial charge in [-0.25, -0.2) is 0 Å². The number of aliphatic imine (C=N–C) groups is 1. The Bertz CT molecular complexity index is 685. The number of phenolic OH excluding ortho intramolecular Hbond substituents is 1. The van der Waals surface area contributed by atoms with Gasteiger partial charge < -0.3 is 15.2 Å². The number of rotatable bonds is 2. The summed E-state index contributed by atoms with van der Waals surface area (Å²) >= 11 is 3.06. The summed E-state index contributed by atoms with van der Waals surface area (Å²) in [5.41, 5.74) is 0.698. The third kappa shape index (κ3) is 3.76. The molecule has 1 aromatic rings. The molecule has 110 valence electrons. The highest BCUT2D eigenvalue weighted by molar-refractivity contribution is 14.1. The number of amidine groups is 1. The van der Waals surface area contributed by atoms with Crippen molar-refractivity contribution in [1.82, 2.24) is 5.32 Å². The van der Waals surface area contributed by atoms with E-state index in [-0.39, 0.29) is 16.8 Å². The predicted octanol–water partition coefficient (Wildman–Crippen LogP) is 2.11. The number of methoxy groups -OCH3 is 1. The first-order valence-electron chi connectivity index (χ1n) is 5.77. The van der Waals surface area contributed by atoms with Crippen molar-refractivity contribution in [1.29, 1.82) is 0 Å². The Hall–Kier alpha value is -1.55. The monoisotopic (exact) mass is 418 g/mol. The number of benzene rings is 1.